The predicted octanol–water partition coefficient (Wildman–Crippen LogP) is 0.918. The van der Waals surface area contributed by atoms with E-state index in [0.717, 1.165) is 5.56 Å². The van der Waals surface area contributed by atoms with Crippen molar-refractivity contribution in [2.45, 2.75) is 18.6 Å². The van der Waals surface area contributed by atoms with E-state index in [1.54, 1.807) is 34.1 Å². The first-order valence-electron chi connectivity index (χ1n) is 6.69. The zero-order chi connectivity index (χ0) is 14.8. The molecule has 2 atom stereocenters. The second-order valence-corrected chi connectivity index (χ2v) is 5.56. The number of hydrogen-bond donors (Lipinski definition) is 1. The maximum absolute atomic E-state index is 12.3. The molecule has 0 unspecified atom stereocenters. The van der Waals surface area contributed by atoms with Crippen LogP contribution in [0.15, 0.2) is 36.7 Å². The van der Waals surface area contributed by atoms with Crippen molar-refractivity contribution >= 4 is 17.5 Å². The first-order valence-corrected chi connectivity index (χ1v) is 7.07. The number of aliphatic hydroxyl groups is 1. The number of benzene rings is 1. The van der Waals surface area contributed by atoms with Gasteiger partial charge in [-0.3, -0.25) is 4.79 Å². The Labute approximate surface area is 126 Å². The minimum Gasteiger partial charge on any atom is -0.389 e. The number of nitrogens with zero attached hydrogens (tertiary/aromatic N) is 4. The number of carbonyl (C=O) groups is 1. The first-order chi connectivity index (χ1) is 10.1. The van der Waals surface area contributed by atoms with Crippen molar-refractivity contribution in [1.29, 1.82) is 0 Å². The lowest BCUT2D eigenvalue weighted by atomic mass is 10.1. The molecule has 2 aromatic rings. The lowest BCUT2D eigenvalue weighted by Crippen LogP contribution is -2.31. The van der Waals surface area contributed by atoms with Crippen LogP contribution >= 0.6 is 11.6 Å². The summed E-state index contributed by atoms with van der Waals surface area (Å²) in [7, 11) is 0. The summed E-state index contributed by atoms with van der Waals surface area (Å²) in [5.74, 6) is -0.0148. The van der Waals surface area contributed by atoms with Crippen molar-refractivity contribution in [3.8, 4) is 0 Å². The molecule has 3 rings (SSSR count). The summed E-state index contributed by atoms with van der Waals surface area (Å²) in [6, 6.07) is 6.97. The number of likely N-dealkylation sites (tertiary alicyclic amines) is 1. The van der Waals surface area contributed by atoms with Crippen LogP contribution in [0.5, 0.6) is 0 Å². The van der Waals surface area contributed by atoms with Crippen LogP contribution in [0.1, 0.15) is 11.6 Å². The van der Waals surface area contributed by atoms with Crippen LogP contribution in [0.25, 0.3) is 0 Å². The molecule has 1 aliphatic heterocycles. The zero-order valence-electron chi connectivity index (χ0n) is 11.3. The molecule has 2 heterocycles. The van der Waals surface area contributed by atoms with Crippen LogP contribution in [-0.4, -0.2) is 50.1 Å². The number of hydrogen-bond acceptors (Lipinski definition) is 4. The molecule has 110 valence electrons. The van der Waals surface area contributed by atoms with Gasteiger partial charge in [-0.25, -0.2) is 4.68 Å². The molecular formula is C14H15ClN4O2. The molecule has 0 bridgehead atoms. The molecular weight excluding hydrogens is 292 g/mol. The van der Waals surface area contributed by atoms with Gasteiger partial charge in [-0.2, -0.15) is 0 Å². The van der Waals surface area contributed by atoms with Crippen LogP contribution in [0.4, 0.5) is 0 Å². The summed E-state index contributed by atoms with van der Waals surface area (Å²) in [4.78, 5) is 14.0. The Hall–Kier alpha value is -1.92. The molecule has 21 heavy (non-hydrogen) atoms. The molecule has 0 radical (unpaired) electrons. The van der Waals surface area contributed by atoms with Crippen molar-refractivity contribution in [2.24, 2.45) is 0 Å². The third-order valence-corrected chi connectivity index (χ3v) is 3.91. The van der Waals surface area contributed by atoms with Crippen LogP contribution in [0.3, 0.4) is 0 Å². The average molecular weight is 307 g/mol. The van der Waals surface area contributed by atoms with Crippen LogP contribution in [0, 0.1) is 0 Å². The number of carbonyl (C=O) groups excluding carboxylic acids is 1. The van der Waals surface area contributed by atoms with Gasteiger partial charge >= 0.3 is 0 Å². The SMILES string of the molecule is O=C(Cc1ccc(Cl)cc1)N1C[C@@H](O)[C@H](n2ccnn2)C1. The number of halogens is 1. The highest BCUT2D eigenvalue weighted by atomic mass is 35.5. The normalized spacial score (nSPS) is 21.7. The Kier molecular flexibility index (Phi) is 3.90. The second-order valence-electron chi connectivity index (χ2n) is 5.12. The van der Waals surface area contributed by atoms with Gasteiger partial charge in [-0.05, 0) is 17.7 Å². The maximum atomic E-state index is 12.3. The summed E-state index contributed by atoms with van der Waals surface area (Å²) >= 11 is 5.83. The second kappa shape index (κ2) is 5.83. The summed E-state index contributed by atoms with van der Waals surface area (Å²) in [5, 5.41) is 18.4. The average Bonchev–Trinajstić information content (AvgIpc) is 3.10. The molecule has 1 aromatic heterocycles. The smallest absolute Gasteiger partial charge is 0.227 e. The first kappa shape index (κ1) is 14.0. The maximum Gasteiger partial charge on any atom is 0.227 e. The zero-order valence-corrected chi connectivity index (χ0v) is 12.0. The van der Waals surface area contributed by atoms with E-state index in [4.69, 9.17) is 11.6 Å². The molecule has 6 nitrogen and oxygen atoms in total. The van der Waals surface area contributed by atoms with E-state index in [0.29, 0.717) is 24.5 Å². The molecule has 0 aliphatic carbocycles. The molecule has 1 aliphatic rings. The highest BCUT2D eigenvalue weighted by molar-refractivity contribution is 6.30. The molecule has 0 saturated carbocycles. The van der Waals surface area contributed by atoms with E-state index in [1.807, 2.05) is 12.1 Å². The minimum absolute atomic E-state index is 0.0148. The van der Waals surface area contributed by atoms with E-state index in [9.17, 15) is 9.90 Å². The topological polar surface area (TPSA) is 71.2 Å². The van der Waals surface area contributed by atoms with Crippen molar-refractivity contribution in [3.63, 3.8) is 0 Å². The molecule has 7 heteroatoms. The van der Waals surface area contributed by atoms with E-state index in [2.05, 4.69) is 10.3 Å². The van der Waals surface area contributed by atoms with Crippen molar-refractivity contribution in [3.05, 3.63) is 47.2 Å². The molecule has 1 aromatic carbocycles. The fourth-order valence-electron chi connectivity index (χ4n) is 2.52. The van der Waals surface area contributed by atoms with E-state index >= 15 is 0 Å². The minimum atomic E-state index is -0.624. The van der Waals surface area contributed by atoms with Crippen LogP contribution in [0.2, 0.25) is 5.02 Å². The number of amides is 1. The molecule has 0 spiro atoms. The monoisotopic (exact) mass is 306 g/mol. The Morgan fingerprint density at radius 3 is 2.76 bits per heavy atom. The summed E-state index contributed by atoms with van der Waals surface area (Å²) < 4.78 is 1.60. The van der Waals surface area contributed by atoms with Gasteiger partial charge in [0, 0.05) is 24.3 Å². The van der Waals surface area contributed by atoms with Crippen LogP contribution in [-0.2, 0) is 11.2 Å². The summed E-state index contributed by atoms with van der Waals surface area (Å²) in [6.07, 6.45) is 2.93. The summed E-state index contributed by atoms with van der Waals surface area (Å²) in [6.45, 7) is 0.758. The van der Waals surface area contributed by atoms with Gasteiger partial charge in [0.1, 0.15) is 0 Å². The highest BCUT2D eigenvalue weighted by Crippen LogP contribution is 2.22. The van der Waals surface area contributed by atoms with Gasteiger partial charge in [0.15, 0.2) is 0 Å². The third-order valence-electron chi connectivity index (χ3n) is 3.66. The van der Waals surface area contributed by atoms with Crippen molar-refractivity contribution in [2.75, 3.05) is 13.1 Å². The largest absolute Gasteiger partial charge is 0.389 e. The fourth-order valence-corrected chi connectivity index (χ4v) is 2.64. The Balaban J connectivity index is 1.65. The molecule has 1 N–H and O–H groups in total. The molecule has 1 amide bonds. The molecule has 1 fully saturated rings. The Morgan fingerprint density at radius 2 is 2.10 bits per heavy atom. The summed E-state index contributed by atoms with van der Waals surface area (Å²) in [5.41, 5.74) is 0.906. The number of rotatable bonds is 3. The quantitative estimate of drug-likeness (QED) is 0.915. The van der Waals surface area contributed by atoms with Crippen molar-refractivity contribution in [1.82, 2.24) is 19.9 Å². The Bertz CT molecular complexity index is 614. The van der Waals surface area contributed by atoms with Crippen LogP contribution < -0.4 is 0 Å². The van der Waals surface area contributed by atoms with Gasteiger partial charge in [0.05, 0.1) is 24.8 Å². The third kappa shape index (κ3) is 3.06. The van der Waals surface area contributed by atoms with Gasteiger partial charge in [-0.15, -0.1) is 5.10 Å². The standard InChI is InChI=1S/C14H15ClN4O2/c15-11-3-1-10(2-4-11)7-14(21)18-8-12(13(20)9-18)19-6-5-16-17-19/h1-6,12-13,20H,7-9H2/t12-,13-/m1/s1. The van der Waals surface area contributed by atoms with Gasteiger partial charge < -0.3 is 10.0 Å². The number of aliphatic hydroxyl groups excluding tert-OH is 1. The number of β-amino-alcohol motifs (C(OH)–C–C–N with tert-alkyl or cyclic N) is 1. The Morgan fingerprint density at radius 1 is 1.33 bits per heavy atom. The predicted molar refractivity (Wildman–Crippen MR) is 76.8 cm³/mol. The van der Waals surface area contributed by atoms with Crippen molar-refractivity contribution < 1.29 is 9.90 Å². The van der Waals surface area contributed by atoms with E-state index in [1.165, 1.54) is 0 Å². The van der Waals surface area contributed by atoms with Gasteiger partial charge in [0.2, 0.25) is 5.91 Å². The number of aromatic nitrogens is 3. The highest BCUT2D eigenvalue weighted by Gasteiger charge is 2.35. The lowest BCUT2D eigenvalue weighted by molar-refractivity contribution is -0.129. The van der Waals surface area contributed by atoms with E-state index < -0.39 is 6.10 Å². The fraction of sp³-hybridized carbons (Fsp3) is 0.357. The van der Waals surface area contributed by atoms with E-state index in [-0.39, 0.29) is 11.9 Å². The van der Waals surface area contributed by atoms with Gasteiger partial charge in [-0.1, -0.05) is 28.9 Å². The van der Waals surface area contributed by atoms with Gasteiger partial charge in [0.25, 0.3) is 0 Å². The molecule has 1 saturated heterocycles. The lowest BCUT2D eigenvalue weighted by Gasteiger charge is -2.16.